The van der Waals surface area contributed by atoms with Crippen LogP contribution in [0.5, 0.6) is 0 Å². The zero-order chi connectivity index (χ0) is 19.3. The minimum Gasteiger partial charge on any atom is -0.306 e. The molecule has 4 aromatic heterocycles. The normalized spacial score (nSPS) is 12.7. The van der Waals surface area contributed by atoms with Crippen LogP contribution in [-0.4, -0.2) is 34.3 Å². The van der Waals surface area contributed by atoms with E-state index in [0.717, 1.165) is 10.9 Å². The highest BCUT2D eigenvalue weighted by Gasteiger charge is 2.18. The van der Waals surface area contributed by atoms with Gasteiger partial charge in [0.15, 0.2) is 11.3 Å². The molecule has 7 nitrogen and oxygen atoms in total. The summed E-state index contributed by atoms with van der Waals surface area (Å²) in [6, 6.07) is 6.74. The van der Waals surface area contributed by atoms with E-state index in [4.69, 9.17) is 4.98 Å². The van der Waals surface area contributed by atoms with Crippen molar-refractivity contribution in [2.75, 3.05) is 0 Å². The third kappa shape index (κ3) is 2.61. The monoisotopic (exact) mass is 373 g/mol. The number of imidazole rings is 1. The maximum Gasteiger partial charge on any atom is 0.197 e. The van der Waals surface area contributed by atoms with Crippen LogP contribution < -0.4 is 0 Å². The molecule has 138 valence electrons. The molecule has 1 atom stereocenters. The SMILES string of the molecule is CC(c1cc2cccnc2cc1F)n1cnc2ncc(-c3cnn(C)c3)nc21. The van der Waals surface area contributed by atoms with Gasteiger partial charge in [-0.05, 0) is 19.1 Å². The Morgan fingerprint density at radius 1 is 1.11 bits per heavy atom. The van der Waals surface area contributed by atoms with Crippen molar-refractivity contribution in [1.29, 1.82) is 0 Å². The van der Waals surface area contributed by atoms with Gasteiger partial charge in [0.2, 0.25) is 0 Å². The van der Waals surface area contributed by atoms with Crippen molar-refractivity contribution < 1.29 is 4.39 Å². The molecule has 0 saturated carbocycles. The Balaban J connectivity index is 1.63. The number of fused-ring (bicyclic) bond motifs is 2. The fourth-order valence-electron chi connectivity index (χ4n) is 3.37. The molecule has 0 aliphatic rings. The van der Waals surface area contributed by atoms with Crippen molar-refractivity contribution >= 4 is 22.2 Å². The Morgan fingerprint density at radius 2 is 2.00 bits per heavy atom. The maximum absolute atomic E-state index is 14.8. The molecule has 1 aromatic carbocycles. The molecule has 0 aliphatic heterocycles. The lowest BCUT2D eigenvalue weighted by atomic mass is 10.0. The minimum atomic E-state index is -0.312. The fraction of sp³-hybridized carbons (Fsp3) is 0.150. The first kappa shape index (κ1) is 16.5. The van der Waals surface area contributed by atoms with E-state index in [0.29, 0.717) is 28.1 Å². The van der Waals surface area contributed by atoms with Crippen molar-refractivity contribution in [2.24, 2.45) is 7.05 Å². The van der Waals surface area contributed by atoms with Crippen molar-refractivity contribution in [3.05, 3.63) is 66.8 Å². The molecule has 0 saturated heterocycles. The van der Waals surface area contributed by atoms with Gasteiger partial charge in [0.1, 0.15) is 5.82 Å². The Labute approximate surface area is 159 Å². The van der Waals surface area contributed by atoms with Crippen molar-refractivity contribution in [1.82, 2.24) is 34.3 Å². The Hall–Kier alpha value is -3.68. The van der Waals surface area contributed by atoms with Gasteiger partial charge < -0.3 is 4.57 Å². The first-order valence-corrected chi connectivity index (χ1v) is 8.83. The van der Waals surface area contributed by atoms with Crippen LogP contribution in [0.2, 0.25) is 0 Å². The van der Waals surface area contributed by atoms with Crippen LogP contribution >= 0.6 is 0 Å². The molecule has 0 amide bonds. The van der Waals surface area contributed by atoms with Crippen LogP contribution in [0.4, 0.5) is 4.39 Å². The third-order valence-corrected chi connectivity index (χ3v) is 4.87. The highest BCUT2D eigenvalue weighted by atomic mass is 19.1. The number of benzene rings is 1. The third-order valence-electron chi connectivity index (χ3n) is 4.87. The van der Waals surface area contributed by atoms with E-state index in [2.05, 4.69) is 20.1 Å². The molecular weight excluding hydrogens is 357 g/mol. The van der Waals surface area contributed by atoms with E-state index in [-0.39, 0.29) is 11.9 Å². The number of hydrogen-bond acceptors (Lipinski definition) is 5. The molecule has 8 heteroatoms. The number of aryl methyl sites for hydroxylation is 1. The number of nitrogens with zero attached hydrogens (tertiary/aromatic N) is 7. The van der Waals surface area contributed by atoms with Gasteiger partial charge in [0.25, 0.3) is 0 Å². The van der Waals surface area contributed by atoms with Gasteiger partial charge in [-0.2, -0.15) is 5.10 Å². The molecule has 1 unspecified atom stereocenters. The molecule has 0 bridgehead atoms. The summed E-state index contributed by atoms with van der Waals surface area (Å²) < 4.78 is 18.3. The second-order valence-electron chi connectivity index (χ2n) is 6.70. The van der Waals surface area contributed by atoms with Crippen LogP contribution in [0.15, 0.2) is 55.4 Å². The highest BCUT2D eigenvalue weighted by Crippen LogP contribution is 2.28. The largest absolute Gasteiger partial charge is 0.306 e. The lowest BCUT2D eigenvalue weighted by Crippen LogP contribution is -2.09. The van der Waals surface area contributed by atoms with E-state index in [1.807, 2.05) is 42.9 Å². The summed E-state index contributed by atoms with van der Waals surface area (Å²) in [6.07, 6.45) is 8.58. The van der Waals surface area contributed by atoms with Gasteiger partial charge in [-0.1, -0.05) is 6.07 Å². The predicted molar refractivity (Wildman–Crippen MR) is 103 cm³/mol. The molecule has 0 spiro atoms. The van der Waals surface area contributed by atoms with Crippen LogP contribution in [0, 0.1) is 5.82 Å². The summed E-state index contributed by atoms with van der Waals surface area (Å²) >= 11 is 0. The van der Waals surface area contributed by atoms with Crippen molar-refractivity contribution in [3.63, 3.8) is 0 Å². The van der Waals surface area contributed by atoms with Gasteiger partial charge in [0.05, 0.1) is 36.0 Å². The number of aromatic nitrogens is 7. The van der Waals surface area contributed by atoms with Gasteiger partial charge in [-0.25, -0.2) is 19.3 Å². The lowest BCUT2D eigenvalue weighted by molar-refractivity contribution is 0.564. The van der Waals surface area contributed by atoms with E-state index in [1.165, 1.54) is 6.07 Å². The number of hydrogen-bond donors (Lipinski definition) is 0. The molecule has 0 aliphatic carbocycles. The molecule has 0 radical (unpaired) electrons. The van der Waals surface area contributed by atoms with Crippen LogP contribution in [0.1, 0.15) is 18.5 Å². The van der Waals surface area contributed by atoms with E-state index in [1.54, 1.807) is 29.6 Å². The predicted octanol–water partition coefficient (Wildman–Crippen LogP) is 3.52. The molecule has 28 heavy (non-hydrogen) atoms. The van der Waals surface area contributed by atoms with Gasteiger partial charge in [0, 0.05) is 42.0 Å². The topological polar surface area (TPSA) is 74.3 Å². The van der Waals surface area contributed by atoms with Crippen molar-refractivity contribution in [2.45, 2.75) is 13.0 Å². The fourth-order valence-corrected chi connectivity index (χ4v) is 3.37. The Bertz CT molecular complexity index is 1320. The molecule has 5 aromatic rings. The number of halogens is 1. The first-order chi connectivity index (χ1) is 13.6. The first-order valence-electron chi connectivity index (χ1n) is 8.83. The average Bonchev–Trinajstić information content (AvgIpc) is 3.32. The smallest absolute Gasteiger partial charge is 0.197 e. The number of rotatable bonds is 3. The second kappa shape index (κ2) is 6.19. The number of pyridine rings is 1. The van der Waals surface area contributed by atoms with Crippen LogP contribution in [0.3, 0.4) is 0 Å². The molecule has 5 rings (SSSR count). The summed E-state index contributed by atoms with van der Waals surface area (Å²) in [5.74, 6) is -0.308. The molecule has 0 fully saturated rings. The van der Waals surface area contributed by atoms with E-state index in [9.17, 15) is 4.39 Å². The minimum absolute atomic E-state index is 0.308. The maximum atomic E-state index is 14.8. The Kier molecular flexibility index (Phi) is 3.65. The molecule has 4 heterocycles. The standard InChI is InChI=1S/C20H16FN7/c1-12(15-6-13-4-3-5-22-17(13)7-16(15)21)28-11-24-19-20(28)26-18(9-23-19)14-8-25-27(2)10-14/h3-12H,1-2H3. The van der Waals surface area contributed by atoms with E-state index < -0.39 is 0 Å². The second-order valence-corrected chi connectivity index (χ2v) is 6.70. The van der Waals surface area contributed by atoms with E-state index >= 15 is 0 Å². The summed E-state index contributed by atoms with van der Waals surface area (Å²) in [7, 11) is 1.85. The zero-order valence-corrected chi connectivity index (χ0v) is 15.3. The molecular formula is C20H16FN7. The van der Waals surface area contributed by atoms with Gasteiger partial charge in [-0.3, -0.25) is 9.67 Å². The Morgan fingerprint density at radius 3 is 2.82 bits per heavy atom. The zero-order valence-electron chi connectivity index (χ0n) is 15.3. The van der Waals surface area contributed by atoms with Crippen LogP contribution in [0.25, 0.3) is 33.5 Å². The molecule has 0 N–H and O–H groups in total. The van der Waals surface area contributed by atoms with Gasteiger partial charge >= 0.3 is 0 Å². The lowest BCUT2D eigenvalue weighted by Gasteiger charge is -2.16. The average molecular weight is 373 g/mol. The summed E-state index contributed by atoms with van der Waals surface area (Å²) in [5.41, 5.74) is 3.85. The summed E-state index contributed by atoms with van der Waals surface area (Å²) in [5, 5.41) is 5.06. The highest BCUT2D eigenvalue weighted by molar-refractivity contribution is 5.79. The van der Waals surface area contributed by atoms with Crippen LogP contribution in [-0.2, 0) is 7.05 Å². The summed E-state index contributed by atoms with van der Waals surface area (Å²) in [4.78, 5) is 17.7. The van der Waals surface area contributed by atoms with Gasteiger partial charge in [-0.15, -0.1) is 0 Å². The quantitative estimate of drug-likeness (QED) is 0.484. The summed E-state index contributed by atoms with van der Waals surface area (Å²) in [6.45, 7) is 1.92. The van der Waals surface area contributed by atoms with Crippen molar-refractivity contribution in [3.8, 4) is 11.3 Å².